The van der Waals surface area contributed by atoms with E-state index in [4.69, 9.17) is 17.0 Å². The molecule has 0 aliphatic heterocycles. The Hall–Kier alpha value is -2.56. The van der Waals surface area contributed by atoms with Crippen molar-refractivity contribution in [1.29, 1.82) is 0 Å². The van der Waals surface area contributed by atoms with Gasteiger partial charge in [-0.2, -0.15) is 0 Å². The number of thiophene rings is 2. The summed E-state index contributed by atoms with van der Waals surface area (Å²) in [5.74, 6) is -0.927. The van der Waals surface area contributed by atoms with E-state index in [0.717, 1.165) is 12.1 Å². The second-order valence-electron chi connectivity index (χ2n) is 13.0. The van der Waals surface area contributed by atoms with Gasteiger partial charge in [0.25, 0.3) is 0 Å². The molecule has 0 saturated heterocycles. The summed E-state index contributed by atoms with van der Waals surface area (Å²) in [5, 5.41) is 4.41. The zero-order valence-corrected chi connectivity index (χ0v) is 33.7. The molecular formula is C42H35Cl2S2SiZr. The molecule has 2 atom stereocenters. The number of hydrogen-bond donors (Lipinski definition) is 0. The third kappa shape index (κ3) is 6.08. The van der Waals surface area contributed by atoms with Gasteiger partial charge in [0.05, 0.1) is 0 Å². The molecule has 6 heteroatoms. The van der Waals surface area contributed by atoms with Gasteiger partial charge in [0.2, 0.25) is 0 Å². The van der Waals surface area contributed by atoms with Crippen LogP contribution in [0.5, 0.6) is 0 Å². The van der Waals surface area contributed by atoms with Crippen molar-refractivity contribution in [2.24, 2.45) is 0 Å². The minimum absolute atomic E-state index is 0.319. The van der Waals surface area contributed by atoms with Crippen molar-refractivity contribution in [1.82, 2.24) is 0 Å². The predicted octanol–water partition coefficient (Wildman–Crippen LogP) is 13.4. The molecule has 2 unspecified atom stereocenters. The van der Waals surface area contributed by atoms with Crippen molar-refractivity contribution in [3.63, 3.8) is 0 Å². The molecule has 0 spiro atoms. The second-order valence-corrected chi connectivity index (χ2v) is 38.4. The molecule has 237 valence electrons. The fourth-order valence-corrected chi connectivity index (χ4v) is 24.7. The number of rotatable bonds is 9. The van der Waals surface area contributed by atoms with Gasteiger partial charge in [0, 0.05) is 0 Å². The SMILES string of the molecule is Cc1ccc2c(c1-c1ccccc1)C=C(c1cccs1)C2C[SiH](CC1C(c2cccs2)=Cc2c1ccc(C)c2-c1ccccc1)[Zr]([Cl])[Cl]. The molecule has 4 aromatic carbocycles. The monoisotopic (exact) mass is 791 g/mol. The minimum atomic E-state index is -2.64. The average molecular weight is 794 g/mol. The number of halogens is 2. The first-order chi connectivity index (χ1) is 23.5. The molecule has 0 radical (unpaired) electrons. The first-order valence-electron chi connectivity index (χ1n) is 16.5. The summed E-state index contributed by atoms with van der Waals surface area (Å²) >= 11 is 1.06. The molecule has 2 heterocycles. The molecule has 2 aliphatic carbocycles. The van der Waals surface area contributed by atoms with Crippen LogP contribution in [0.1, 0.15) is 55.0 Å². The van der Waals surface area contributed by atoms with Crippen LogP contribution in [-0.4, -0.2) is 5.92 Å². The predicted molar refractivity (Wildman–Crippen MR) is 212 cm³/mol. The first kappa shape index (κ1) is 32.6. The number of aryl methyl sites for hydroxylation is 2. The van der Waals surface area contributed by atoms with E-state index in [1.807, 2.05) is 22.7 Å². The van der Waals surface area contributed by atoms with Crippen LogP contribution in [0, 0.1) is 13.8 Å². The maximum absolute atomic E-state index is 7.29. The van der Waals surface area contributed by atoms with E-state index in [0.29, 0.717) is 11.8 Å². The van der Waals surface area contributed by atoms with Crippen LogP contribution in [0.15, 0.2) is 120 Å². The topological polar surface area (TPSA) is 0 Å². The van der Waals surface area contributed by atoms with Crippen molar-refractivity contribution in [3.05, 3.63) is 163 Å². The summed E-state index contributed by atoms with van der Waals surface area (Å²) < 4.78 is 0. The van der Waals surface area contributed by atoms with Gasteiger partial charge < -0.3 is 0 Å². The molecule has 48 heavy (non-hydrogen) atoms. The fourth-order valence-electron chi connectivity index (χ4n) is 7.95. The molecular weight excluding hydrogens is 759 g/mol. The van der Waals surface area contributed by atoms with E-state index < -0.39 is 24.4 Å². The maximum atomic E-state index is 7.29. The summed E-state index contributed by atoms with van der Waals surface area (Å²) in [5.41, 5.74) is 16.5. The van der Waals surface area contributed by atoms with E-state index in [1.165, 1.54) is 76.5 Å². The summed E-state index contributed by atoms with van der Waals surface area (Å²) in [7, 11) is 14.6. The van der Waals surface area contributed by atoms with Gasteiger partial charge in [-0.05, 0) is 0 Å². The molecule has 0 N–H and O–H groups in total. The molecule has 0 bridgehead atoms. The van der Waals surface area contributed by atoms with Crippen LogP contribution >= 0.6 is 39.7 Å². The molecule has 8 rings (SSSR count). The molecule has 2 aromatic heterocycles. The number of hydrogen-bond acceptors (Lipinski definition) is 2. The van der Waals surface area contributed by atoms with Crippen molar-refractivity contribution >= 4 is 68.9 Å². The van der Waals surface area contributed by atoms with Crippen molar-refractivity contribution in [2.45, 2.75) is 37.8 Å². The first-order valence-corrected chi connectivity index (χ1v) is 31.1. The van der Waals surface area contributed by atoms with Gasteiger partial charge >= 0.3 is 311 Å². The Morgan fingerprint density at radius 1 is 0.562 bits per heavy atom. The number of benzene rings is 4. The Bertz CT molecular complexity index is 1980. The van der Waals surface area contributed by atoms with Crippen molar-refractivity contribution in [2.75, 3.05) is 0 Å². The number of allylic oxidation sites excluding steroid dienone is 2. The summed E-state index contributed by atoms with van der Waals surface area (Å²) in [4.78, 5) is 2.73. The fraction of sp³-hybridized carbons (Fsp3) is 0.143. The Balaban J connectivity index is 1.21. The average Bonchev–Trinajstić information content (AvgIpc) is 3.92. The second kappa shape index (κ2) is 14.0. The van der Waals surface area contributed by atoms with E-state index >= 15 is 0 Å². The van der Waals surface area contributed by atoms with Gasteiger partial charge in [-0.25, -0.2) is 0 Å². The number of fused-ring (bicyclic) bond motifs is 2. The Labute approximate surface area is 307 Å². The van der Waals surface area contributed by atoms with Gasteiger partial charge in [-0.3, -0.25) is 0 Å². The van der Waals surface area contributed by atoms with Crippen molar-refractivity contribution < 1.29 is 18.5 Å². The van der Waals surface area contributed by atoms with E-state index in [-0.39, 0.29) is 0 Å². The molecule has 0 fully saturated rings. The van der Waals surface area contributed by atoms with Crippen LogP contribution < -0.4 is 0 Å². The molecule has 2 aliphatic rings. The molecule has 0 amide bonds. The molecule has 0 saturated carbocycles. The van der Waals surface area contributed by atoms with E-state index in [9.17, 15) is 0 Å². The third-order valence-electron chi connectivity index (χ3n) is 10.2. The zero-order chi connectivity index (χ0) is 32.8. The summed E-state index contributed by atoms with van der Waals surface area (Å²) in [6.45, 7) is 4.49. The van der Waals surface area contributed by atoms with Crippen molar-refractivity contribution in [3.8, 4) is 22.3 Å². The Morgan fingerprint density at radius 3 is 1.38 bits per heavy atom. The van der Waals surface area contributed by atoms with Gasteiger partial charge in [-0.1, -0.05) is 0 Å². The zero-order valence-electron chi connectivity index (χ0n) is 26.9. The Kier molecular flexibility index (Phi) is 9.51. The van der Waals surface area contributed by atoms with Crippen LogP contribution in [-0.2, 0) is 18.5 Å². The summed E-state index contributed by atoms with van der Waals surface area (Å²) in [6, 6.07) is 42.4. The summed E-state index contributed by atoms with van der Waals surface area (Å²) in [6.07, 6.45) is 4.99. The van der Waals surface area contributed by atoms with Crippen LogP contribution in [0.4, 0.5) is 0 Å². The van der Waals surface area contributed by atoms with Crippen LogP contribution in [0.25, 0.3) is 45.6 Å². The van der Waals surface area contributed by atoms with E-state index in [2.05, 4.69) is 146 Å². The quantitative estimate of drug-likeness (QED) is 0.128. The van der Waals surface area contributed by atoms with Gasteiger partial charge in [0.1, 0.15) is 0 Å². The standard InChI is InChI=1S/C42H35S2Si.2ClH.Zr/c1-27-17-19-31-35(41(27)29-11-5-3-6-12-29)23-33(39-15-9-21-43-39)37(31)25-45-26-38-32-20-18-28(2)42(30-13-7-4-8-14-30)36(32)24-34(38)40-16-10-22-44-40;;;/h3-24,37-38,45H,25-26H2,1-2H3;2*1H;/q;;;+2/p-2. The van der Waals surface area contributed by atoms with Gasteiger partial charge in [-0.15, -0.1) is 0 Å². The van der Waals surface area contributed by atoms with Gasteiger partial charge in [0.15, 0.2) is 0 Å². The Morgan fingerprint density at radius 2 is 1.00 bits per heavy atom. The third-order valence-corrected chi connectivity index (χ3v) is 33.7. The van der Waals surface area contributed by atoms with Crippen LogP contribution in [0.2, 0.25) is 12.1 Å². The van der Waals surface area contributed by atoms with E-state index in [1.54, 1.807) is 0 Å². The van der Waals surface area contributed by atoms with Crippen LogP contribution in [0.3, 0.4) is 0 Å². The normalized spacial score (nSPS) is 17.1. The molecule has 6 aromatic rings. The molecule has 0 nitrogen and oxygen atoms in total.